The molecule has 110 valence electrons. The van der Waals surface area contributed by atoms with E-state index in [-0.39, 0.29) is 11.3 Å². The van der Waals surface area contributed by atoms with Crippen LogP contribution in [0.3, 0.4) is 0 Å². The van der Waals surface area contributed by atoms with Crippen molar-refractivity contribution in [1.82, 2.24) is 4.90 Å². The summed E-state index contributed by atoms with van der Waals surface area (Å²) in [6, 6.07) is 17.7. The molecule has 0 N–H and O–H groups in total. The van der Waals surface area contributed by atoms with Crippen LogP contribution in [0, 0.1) is 0 Å². The maximum Gasteiger partial charge on any atom is 0.255 e. The van der Waals surface area contributed by atoms with Crippen molar-refractivity contribution in [2.24, 2.45) is 0 Å². The van der Waals surface area contributed by atoms with Crippen molar-refractivity contribution in [3.8, 4) is 0 Å². The quantitative estimate of drug-likeness (QED) is 0.707. The number of carbonyl (C=O) groups is 1. The number of furan rings is 1. The van der Waals surface area contributed by atoms with Crippen LogP contribution in [0.2, 0.25) is 0 Å². The van der Waals surface area contributed by atoms with E-state index in [4.69, 9.17) is 4.42 Å². The summed E-state index contributed by atoms with van der Waals surface area (Å²) in [7, 11) is 0. The summed E-state index contributed by atoms with van der Waals surface area (Å²) in [5, 5.41) is 2.07. The van der Waals surface area contributed by atoms with E-state index in [1.807, 2.05) is 59.5 Å². The first-order valence-electron chi connectivity index (χ1n) is 7.28. The average molecular weight is 309 g/mol. The number of rotatable bonds is 2. The molecule has 4 rings (SSSR count). The molecule has 0 bridgehead atoms. The number of nitrogens with zero attached hydrogens (tertiary/aromatic N) is 1. The summed E-state index contributed by atoms with van der Waals surface area (Å²) in [6.45, 7) is 0.748. The Balaban J connectivity index is 1.74. The van der Waals surface area contributed by atoms with Gasteiger partial charge in [0.15, 0.2) is 0 Å². The zero-order chi connectivity index (χ0) is 14.9. The predicted octanol–water partition coefficient (Wildman–Crippen LogP) is 4.32. The number of benzene rings is 2. The summed E-state index contributed by atoms with van der Waals surface area (Å²) in [5.74, 6) is 1.85. The molecular weight excluding hydrogens is 294 g/mol. The minimum absolute atomic E-state index is 0.0264. The fraction of sp³-hybridized carbons (Fsp3) is 0.167. The summed E-state index contributed by atoms with van der Waals surface area (Å²) < 4.78 is 5.51. The maximum absolute atomic E-state index is 13.0. The lowest BCUT2D eigenvalue weighted by molar-refractivity contribution is 0.0751. The fourth-order valence-electron chi connectivity index (χ4n) is 2.91. The Morgan fingerprint density at radius 1 is 1.09 bits per heavy atom. The van der Waals surface area contributed by atoms with E-state index in [1.54, 1.807) is 18.0 Å². The van der Waals surface area contributed by atoms with Crippen molar-refractivity contribution in [1.29, 1.82) is 0 Å². The van der Waals surface area contributed by atoms with Crippen LogP contribution in [0.5, 0.6) is 0 Å². The van der Waals surface area contributed by atoms with Crippen molar-refractivity contribution in [3.05, 3.63) is 72.2 Å². The van der Waals surface area contributed by atoms with Crippen LogP contribution in [-0.4, -0.2) is 23.1 Å². The average Bonchev–Trinajstić information content (AvgIpc) is 3.24. The minimum atomic E-state index is -0.0264. The Hall–Kier alpha value is -2.20. The first-order chi connectivity index (χ1) is 10.8. The monoisotopic (exact) mass is 309 g/mol. The number of fused-ring (bicyclic) bond motifs is 1. The number of thioether (sulfide) groups is 1. The molecular formula is C18H15NO2S. The summed E-state index contributed by atoms with van der Waals surface area (Å²) in [6.07, 6.45) is 1.66. The maximum atomic E-state index is 13.0. The SMILES string of the molecule is O=C(c1cccc2ccccc12)N1CCSC1c1ccco1. The molecule has 3 nitrogen and oxygen atoms in total. The first kappa shape index (κ1) is 13.5. The topological polar surface area (TPSA) is 33.5 Å². The molecule has 1 fully saturated rings. The van der Waals surface area contributed by atoms with Crippen molar-refractivity contribution in [2.75, 3.05) is 12.3 Å². The summed E-state index contributed by atoms with van der Waals surface area (Å²) in [5.41, 5.74) is 0.761. The number of carbonyl (C=O) groups excluding carboxylic acids is 1. The van der Waals surface area contributed by atoms with Crippen LogP contribution in [0.4, 0.5) is 0 Å². The molecule has 0 saturated carbocycles. The Labute approximate surface area is 132 Å². The number of hydrogen-bond donors (Lipinski definition) is 0. The minimum Gasteiger partial charge on any atom is -0.466 e. The number of hydrogen-bond acceptors (Lipinski definition) is 3. The van der Waals surface area contributed by atoms with Crippen LogP contribution < -0.4 is 0 Å². The normalized spacial score (nSPS) is 18.0. The van der Waals surface area contributed by atoms with Gasteiger partial charge in [-0.3, -0.25) is 4.79 Å². The Morgan fingerprint density at radius 3 is 2.82 bits per heavy atom. The highest BCUT2D eigenvalue weighted by Gasteiger charge is 2.33. The summed E-state index contributed by atoms with van der Waals surface area (Å²) in [4.78, 5) is 14.9. The van der Waals surface area contributed by atoms with Gasteiger partial charge in [0.2, 0.25) is 0 Å². The molecule has 1 saturated heterocycles. The van der Waals surface area contributed by atoms with Gasteiger partial charge in [-0.15, -0.1) is 11.8 Å². The molecule has 3 aromatic rings. The van der Waals surface area contributed by atoms with E-state index in [9.17, 15) is 4.79 Å². The molecule has 1 atom stereocenters. The molecule has 4 heteroatoms. The largest absolute Gasteiger partial charge is 0.466 e. The molecule has 1 unspecified atom stereocenters. The van der Waals surface area contributed by atoms with Gasteiger partial charge in [-0.05, 0) is 29.0 Å². The Bertz CT molecular complexity index is 808. The van der Waals surface area contributed by atoms with Gasteiger partial charge in [0.25, 0.3) is 5.91 Å². The molecule has 1 aliphatic rings. The molecule has 22 heavy (non-hydrogen) atoms. The molecule has 0 aliphatic carbocycles. The zero-order valence-corrected chi connectivity index (χ0v) is 12.8. The third kappa shape index (κ3) is 2.20. The van der Waals surface area contributed by atoms with Crippen molar-refractivity contribution in [3.63, 3.8) is 0 Å². The van der Waals surface area contributed by atoms with Crippen molar-refractivity contribution >= 4 is 28.4 Å². The van der Waals surface area contributed by atoms with E-state index in [0.717, 1.165) is 34.4 Å². The third-order valence-electron chi connectivity index (χ3n) is 3.96. The molecule has 2 aromatic carbocycles. The lowest BCUT2D eigenvalue weighted by Gasteiger charge is -2.23. The smallest absolute Gasteiger partial charge is 0.255 e. The fourth-order valence-corrected chi connectivity index (χ4v) is 4.12. The van der Waals surface area contributed by atoms with Gasteiger partial charge in [0, 0.05) is 17.9 Å². The van der Waals surface area contributed by atoms with E-state index in [0.29, 0.717) is 0 Å². The first-order valence-corrected chi connectivity index (χ1v) is 8.33. The van der Waals surface area contributed by atoms with Crippen LogP contribution >= 0.6 is 11.8 Å². The second-order valence-electron chi connectivity index (χ2n) is 5.26. The van der Waals surface area contributed by atoms with Crippen molar-refractivity contribution in [2.45, 2.75) is 5.37 Å². The lowest BCUT2D eigenvalue weighted by atomic mass is 10.0. The number of amides is 1. The Kier molecular flexibility index (Phi) is 3.39. The molecule has 1 aliphatic heterocycles. The highest BCUT2D eigenvalue weighted by Crippen LogP contribution is 2.39. The second kappa shape index (κ2) is 5.54. The van der Waals surface area contributed by atoms with Crippen LogP contribution in [0.15, 0.2) is 65.3 Å². The molecule has 0 spiro atoms. The Morgan fingerprint density at radius 2 is 1.95 bits per heavy atom. The van der Waals surface area contributed by atoms with E-state index in [1.165, 1.54) is 0 Å². The highest BCUT2D eigenvalue weighted by atomic mass is 32.2. The van der Waals surface area contributed by atoms with E-state index >= 15 is 0 Å². The molecule has 1 amide bonds. The summed E-state index contributed by atoms with van der Waals surface area (Å²) >= 11 is 1.75. The van der Waals surface area contributed by atoms with Gasteiger partial charge in [-0.25, -0.2) is 0 Å². The second-order valence-corrected chi connectivity index (χ2v) is 6.45. The lowest BCUT2D eigenvalue weighted by Crippen LogP contribution is -2.30. The van der Waals surface area contributed by atoms with Gasteiger partial charge in [-0.2, -0.15) is 0 Å². The van der Waals surface area contributed by atoms with Gasteiger partial charge < -0.3 is 9.32 Å². The van der Waals surface area contributed by atoms with Crippen LogP contribution in [0.1, 0.15) is 21.5 Å². The highest BCUT2D eigenvalue weighted by molar-refractivity contribution is 7.99. The van der Waals surface area contributed by atoms with Crippen LogP contribution in [-0.2, 0) is 0 Å². The molecule has 2 heterocycles. The van der Waals surface area contributed by atoms with Crippen LogP contribution in [0.25, 0.3) is 10.8 Å². The third-order valence-corrected chi connectivity index (χ3v) is 5.18. The van der Waals surface area contributed by atoms with Gasteiger partial charge >= 0.3 is 0 Å². The molecule has 1 aromatic heterocycles. The van der Waals surface area contributed by atoms with Crippen molar-refractivity contribution < 1.29 is 9.21 Å². The van der Waals surface area contributed by atoms with Gasteiger partial charge in [-0.1, -0.05) is 36.4 Å². The van der Waals surface area contributed by atoms with Gasteiger partial charge in [0.05, 0.1) is 6.26 Å². The zero-order valence-electron chi connectivity index (χ0n) is 11.9. The molecule has 0 radical (unpaired) electrons. The van der Waals surface area contributed by atoms with E-state index < -0.39 is 0 Å². The van der Waals surface area contributed by atoms with E-state index in [2.05, 4.69) is 0 Å². The predicted molar refractivity (Wildman–Crippen MR) is 88.9 cm³/mol. The standard InChI is InChI=1S/C18H15NO2S/c20-17(15-8-3-6-13-5-1-2-7-14(13)15)19-10-12-22-18(19)16-9-4-11-21-16/h1-9,11,18H,10,12H2. The van der Waals surface area contributed by atoms with Gasteiger partial charge in [0.1, 0.15) is 11.1 Å².